The Morgan fingerprint density at radius 2 is 2.17 bits per heavy atom. The van der Waals surface area contributed by atoms with Crippen LogP contribution in [0.15, 0.2) is 24.3 Å². The van der Waals surface area contributed by atoms with Gasteiger partial charge in [0.05, 0.1) is 6.10 Å². The van der Waals surface area contributed by atoms with Gasteiger partial charge in [0.15, 0.2) is 0 Å². The van der Waals surface area contributed by atoms with E-state index in [2.05, 4.69) is 5.32 Å². The van der Waals surface area contributed by atoms with Gasteiger partial charge in [-0.2, -0.15) is 0 Å². The summed E-state index contributed by atoms with van der Waals surface area (Å²) in [5, 5.41) is 2.77. The summed E-state index contributed by atoms with van der Waals surface area (Å²) in [5.74, 6) is -0.444. The molecule has 1 N–H and O–H groups in total. The molecule has 0 spiro atoms. The lowest BCUT2D eigenvalue weighted by Gasteiger charge is -2.23. The van der Waals surface area contributed by atoms with E-state index in [0.29, 0.717) is 31.6 Å². The molecule has 0 aliphatic carbocycles. The predicted octanol–water partition coefficient (Wildman–Crippen LogP) is 1.90. The summed E-state index contributed by atoms with van der Waals surface area (Å²) < 4.78 is 19.0. The monoisotopic (exact) mass is 336 g/mol. The molecule has 2 amide bonds. The van der Waals surface area contributed by atoms with Crippen LogP contribution >= 0.6 is 0 Å². The van der Waals surface area contributed by atoms with Gasteiger partial charge in [0.1, 0.15) is 5.82 Å². The molecular formula is C18H25FN2O3. The topological polar surface area (TPSA) is 58.6 Å². The number of amides is 2. The molecule has 0 saturated carbocycles. The zero-order valence-corrected chi connectivity index (χ0v) is 14.1. The van der Waals surface area contributed by atoms with Crippen molar-refractivity contribution in [1.82, 2.24) is 10.2 Å². The fourth-order valence-corrected chi connectivity index (χ4v) is 2.77. The minimum absolute atomic E-state index is 0.0512. The lowest BCUT2D eigenvalue weighted by atomic mass is 10.1. The maximum atomic E-state index is 13.5. The summed E-state index contributed by atoms with van der Waals surface area (Å²) >= 11 is 0. The van der Waals surface area contributed by atoms with E-state index < -0.39 is 0 Å². The molecule has 1 aromatic carbocycles. The zero-order valence-electron chi connectivity index (χ0n) is 14.1. The number of hydrogen-bond donors (Lipinski definition) is 1. The molecule has 0 radical (unpaired) electrons. The number of carbonyl (C=O) groups excluding carboxylic acids is 2. The Morgan fingerprint density at radius 3 is 2.83 bits per heavy atom. The van der Waals surface area contributed by atoms with Crippen molar-refractivity contribution in [3.05, 3.63) is 35.6 Å². The van der Waals surface area contributed by atoms with Crippen LogP contribution in [0.25, 0.3) is 0 Å². The number of halogens is 1. The Labute approximate surface area is 142 Å². The highest BCUT2D eigenvalue weighted by atomic mass is 19.1. The molecule has 1 unspecified atom stereocenters. The van der Waals surface area contributed by atoms with E-state index in [4.69, 9.17) is 4.74 Å². The van der Waals surface area contributed by atoms with Gasteiger partial charge in [-0.3, -0.25) is 9.59 Å². The number of rotatable bonds is 8. The highest BCUT2D eigenvalue weighted by Crippen LogP contribution is 2.13. The zero-order chi connectivity index (χ0) is 17.4. The first kappa shape index (κ1) is 18.4. The summed E-state index contributed by atoms with van der Waals surface area (Å²) in [6, 6.07) is 6.53. The van der Waals surface area contributed by atoms with E-state index in [1.807, 2.05) is 0 Å². The van der Waals surface area contributed by atoms with Crippen molar-refractivity contribution >= 4 is 11.8 Å². The molecule has 0 bridgehead atoms. The van der Waals surface area contributed by atoms with Crippen molar-refractivity contribution in [3.8, 4) is 0 Å². The van der Waals surface area contributed by atoms with Crippen LogP contribution in [0.4, 0.5) is 4.39 Å². The molecule has 1 fully saturated rings. The van der Waals surface area contributed by atoms with Crippen LogP contribution in [0.5, 0.6) is 0 Å². The minimum Gasteiger partial charge on any atom is -0.376 e. The van der Waals surface area contributed by atoms with Crippen LogP contribution in [0.2, 0.25) is 0 Å². The van der Waals surface area contributed by atoms with Crippen molar-refractivity contribution in [1.29, 1.82) is 0 Å². The number of nitrogens with one attached hydrogen (secondary N) is 1. The maximum Gasteiger partial charge on any atom is 0.221 e. The maximum absolute atomic E-state index is 13.5. The van der Waals surface area contributed by atoms with Gasteiger partial charge in [0, 0.05) is 39.6 Å². The lowest BCUT2D eigenvalue weighted by Crippen LogP contribution is -2.38. The summed E-state index contributed by atoms with van der Waals surface area (Å²) in [6.45, 7) is 3.54. The highest BCUT2D eigenvalue weighted by Gasteiger charge is 2.21. The molecule has 1 heterocycles. The SMILES string of the molecule is CC(=O)N(CCC(=O)NCCc1ccccc1F)CC1CCCO1. The smallest absolute Gasteiger partial charge is 0.221 e. The molecule has 1 saturated heterocycles. The number of nitrogens with zero attached hydrogens (tertiary/aromatic N) is 1. The fraction of sp³-hybridized carbons (Fsp3) is 0.556. The summed E-state index contributed by atoms with van der Waals surface area (Å²) in [5.41, 5.74) is 0.585. The third-order valence-electron chi connectivity index (χ3n) is 4.18. The van der Waals surface area contributed by atoms with Crippen molar-refractivity contribution < 1.29 is 18.7 Å². The van der Waals surface area contributed by atoms with E-state index in [1.165, 1.54) is 13.0 Å². The van der Waals surface area contributed by atoms with Gasteiger partial charge in [0.25, 0.3) is 0 Å². The molecule has 24 heavy (non-hydrogen) atoms. The van der Waals surface area contributed by atoms with Crippen molar-refractivity contribution in [2.75, 3.05) is 26.2 Å². The second-order valence-electron chi connectivity index (χ2n) is 6.04. The van der Waals surface area contributed by atoms with E-state index >= 15 is 0 Å². The van der Waals surface area contributed by atoms with Crippen LogP contribution in [-0.4, -0.2) is 49.1 Å². The van der Waals surface area contributed by atoms with Gasteiger partial charge in [-0.15, -0.1) is 0 Å². The molecule has 2 rings (SSSR count). The van der Waals surface area contributed by atoms with Crippen LogP contribution in [0.1, 0.15) is 31.7 Å². The van der Waals surface area contributed by atoms with Gasteiger partial charge >= 0.3 is 0 Å². The van der Waals surface area contributed by atoms with Crippen molar-refractivity contribution in [2.24, 2.45) is 0 Å². The van der Waals surface area contributed by atoms with Crippen LogP contribution < -0.4 is 5.32 Å². The van der Waals surface area contributed by atoms with E-state index in [9.17, 15) is 14.0 Å². The Balaban J connectivity index is 1.68. The first-order valence-electron chi connectivity index (χ1n) is 8.43. The molecule has 6 heteroatoms. The van der Waals surface area contributed by atoms with Crippen molar-refractivity contribution in [2.45, 2.75) is 38.7 Å². The second kappa shape index (κ2) is 9.37. The molecule has 1 aromatic rings. The van der Waals surface area contributed by atoms with Gasteiger partial charge in [-0.25, -0.2) is 4.39 Å². The van der Waals surface area contributed by atoms with Crippen LogP contribution in [0, 0.1) is 5.82 Å². The third kappa shape index (κ3) is 5.92. The van der Waals surface area contributed by atoms with Crippen molar-refractivity contribution in [3.63, 3.8) is 0 Å². The summed E-state index contributed by atoms with van der Waals surface area (Å²) in [4.78, 5) is 25.2. The van der Waals surface area contributed by atoms with Crippen LogP contribution in [-0.2, 0) is 20.7 Å². The molecular weight excluding hydrogens is 311 g/mol. The number of benzene rings is 1. The third-order valence-corrected chi connectivity index (χ3v) is 4.18. The van der Waals surface area contributed by atoms with E-state index in [-0.39, 0.29) is 30.2 Å². The van der Waals surface area contributed by atoms with Crippen LogP contribution in [0.3, 0.4) is 0 Å². The largest absolute Gasteiger partial charge is 0.376 e. The lowest BCUT2D eigenvalue weighted by molar-refractivity contribution is -0.131. The summed E-state index contributed by atoms with van der Waals surface area (Å²) in [7, 11) is 0. The molecule has 132 valence electrons. The van der Waals surface area contributed by atoms with E-state index in [1.54, 1.807) is 23.1 Å². The van der Waals surface area contributed by atoms with E-state index in [0.717, 1.165) is 19.4 Å². The number of ether oxygens (including phenoxy) is 1. The number of carbonyl (C=O) groups is 2. The average Bonchev–Trinajstić information content (AvgIpc) is 3.06. The normalized spacial score (nSPS) is 16.8. The summed E-state index contributed by atoms with van der Waals surface area (Å²) in [6.07, 6.45) is 2.75. The molecule has 0 aromatic heterocycles. The first-order chi connectivity index (χ1) is 11.6. The highest BCUT2D eigenvalue weighted by molar-refractivity contribution is 5.78. The fourth-order valence-electron chi connectivity index (χ4n) is 2.77. The number of hydrogen-bond acceptors (Lipinski definition) is 3. The minimum atomic E-state index is -0.258. The average molecular weight is 336 g/mol. The quantitative estimate of drug-likeness (QED) is 0.789. The molecule has 1 aliphatic rings. The molecule has 1 atom stereocenters. The Kier molecular flexibility index (Phi) is 7.18. The first-order valence-corrected chi connectivity index (χ1v) is 8.43. The second-order valence-corrected chi connectivity index (χ2v) is 6.04. The predicted molar refractivity (Wildman–Crippen MR) is 89.0 cm³/mol. The Hall–Kier alpha value is -1.95. The van der Waals surface area contributed by atoms with Gasteiger partial charge < -0.3 is 15.0 Å². The standard InChI is InChI=1S/C18H25FN2O3/c1-14(22)21(13-16-6-4-12-24-16)11-9-18(23)20-10-8-15-5-2-3-7-17(15)19/h2-3,5,7,16H,4,6,8-13H2,1H3,(H,20,23). The van der Waals surface area contributed by atoms with Gasteiger partial charge in [0.2, 0.25) is 11.8 Å². The Morgan fingerprint density at radius 1 is 1.38 bits per heavy atom. The van der Waals surface area contributed by atoms with Gasteiger partial charge in [-0.1, -0.05) is 18.2 Å². The Bertz CT molecular complexity index is 559. The van der Waals surface area contributed by atoms with Gasteiger partial charge in [-0.05, 0) is 30.9 Å². The molecule has 5 nitrogen and oxygen atoms in total. The molecule has 1 aliphatic heterocycles.